The van der Waals surface area contributed by atoms with Crippen molar-refractivity contribution in [1.82, 2.24) is 18.8 Å². The Bertz CT molecular complexity index is 1720. The first kappa shape index (κ1) is 28.7. The Kier molecular flexibility index (Phi) is 8.09. The number of hydrogen-bond donors (Lipinski definition) is 4. The topological polar surface area (TPSA) is 138 Å². The van der Waals surface area contributed by atoms with Gasteiger partial charge in [0.2, 0.25) is 5.95 Å². The summed E-state index contributed by atoms with van der Waals surface area (Å²) in [6.07, 6.45) is 0.890. The quantitative estimate of drug-likeness (QED) is 0.219. The maximum atomic E-state index is 15.6. The molecule has 0 aliphatic carbocycles. The van der Waals surface area contributed by atoms with Crippen molar-refractivity contribution >= 4 is 33.3 Å². The molecular formula is C27H29F3N7O3S+. The molecule has 10 nitrogen and oxygen atoms in total. The predicted octanol–water partition coefficient (Wildman–Crippen LogP) is 3.65. The maximum absolute atomic E-state index is 15.6. The molecule has 5 N–H and O–H groups in total. The van der Waals surface area contributed by atoms with Crippen molar-refractivity contribution < 1.29 is 21.9 Å². The molecular weight excluding hydrogens is 559 g/mol. The number of pyridine rings is 1. The fourth-order valence-electron chi connectivity index (χ4n) is 4.74. The molecule has 3 heterocycles. The van der Waals surface area contributed by atoms with Gasteiger partial charge in [-0.2, -0.15) is 9.71 Å². The van der Waals surface area contributed by atoms with Crippen LogP contribution in [0.15, 0.2) is 53.5 Å². The van der Waals surface area contributed by atoms with Gasteiger partial charge in [0.1, 0.15) is 23.3 Å². The van der Waals surface area contributed by atoms with Crippen LogP contribution in [0, 0.1) is 11.6 Å². The lowest BCUT2D eigenvalue weighted by Crippen LogP contribution is -2.40. The van der Waals surface area contributed by atoms with Crippen molar-refractivity contribution in [2.24, 2.45) is 12.8 Å². The highest BCUT2D eigenvalue weighted by Gasteiger charge is 2.42. The van der Waals surface area contributed by atoms with E-state index in [0.717, 1.165) is 32.1 Å². The van der Waals surface area contributed by atoms with E-state index in [1.165, 1.54) is 19.3 Å². The highest BCUT2D eigenvalue weighted by Crippen LogP contribution is 2.32. The number of nitrogens with two attached hydrogens (primary N) is 1. The first-order valence-electron chi connectivity index (χ1n) is 12.9. The number of nitrogens with one attached hydrogen (secondary N) is 2. The molecule has 0 saturated carbocycles. The van der Waals surface area contributed by atoms with Crippen LogP contribution in [0.5, 0.6) is 0 Å². The highest BCUT2D eigenvalue weighted by molar-refractivity contribution is 7.96. The summed E-state index contributed by atoms with van der Waals surface area (Å²) < 4.78 is 71.5. The molecule has 0 radical (unpaired) electrons. The second-order valence-electron chi connectivity index (χ2n) is 9.75. The van der Waals surface area contributed by atoms with E-state index in [1.54, 1.807) is 0 Å². The number of rotatable bonds is 9. The van der Waals surface area contributed by atoms with Gasteiger partial charge in [-0.05, 0) is 46.4 Å². The number of aryl methyl sites for hydroxylation is 1. The van der Waals surface area contributed by atoms with Crippen molar-refractivity contribution in [1.29, 1.82) is 0 Å². The number of aromatic nitrogens is 3. The van der Waals surface area contributed by atoms with Crippen molar-refractivity contribution in [3.8, 4) is 11.1 Å². The van der Waals surface area contributed by atoms with Crippen molar-refractivity contribution in [2.75, 3.05) is 29.7 Å². The van der Waals surface area contributed by atoms with Gasteiger partial charge in [0, 0.05) is 31.7 Å². The smallest absolute Gasteiger partial charge is 0.354 e. The van der Waals surface area contributed by atoms with Crippen LogP contribution < -0.4 is 21.3 Å². The molecule has 0 amide bonds. The lowest BCUT2D eigenvalue weighted by Gasteiger charge is -2.16. The summed E-state index contributed by atoms with van der Waals surface area (Å²) in [6, 6.07) is 11.0. The van der Waals surface area contributed by atoms with Gasteiger partial charge in [0.25, 0.3) is 5.56 Å². The van der Waals surface area contributed by atoms with Crippen LogP contribution in [0.1, 0.15) is 17.5 Å². The van der Waals surface area contributed by atoms with Crippen LogP contribution in [0.3, 0.4) is 0 Å². The molecule has 0 bridgehead atoms. The number of alkyl halides is 1. The molecule has 216 valence electrons. The van der Waals surface area contributed by atoms with Gasteiger partial charge in [-0.25, -0.2) is 18.2 Å². The second-order valence-corrected chi connectivity index (χ2v) is 11.5. The van der Waals surface area contributed by atoms with Gasteiger partial charge in [0.15, 0.2) is 5.82 Å². The molecule has 2 atom stereocenters. The molecule has 0 spiro atoms. The minimum absolute atomic E-state index is 0.0112. The first-order chi connectivity index (χ1) is 19.6. The molecule has 14 heteroatoms. The van der Waals surface area contributed by atoms with E-state index in [1.807, 2.05) is 24.3 Å². The third-order valence-electron chi connectivity index (χ3n) is 6.92. The zero-order valence-corrected chi connectivity index (χ0v) is 22.9. The Labute approximate surface area is 234 Å². The van der Waals surface area contributed by atoms with Gasteiger partial charge >= 0.3 is 10.6 Å². The molecule has 1 aliphatic heterocycles. The molecule has 2 aromatic carbocycles. The summed E-state index contributed by atoms with van der Waals surface area (Å²) >= 11 is 0. The van der Waals surface area contributed by atoms with Crippen LogP contribution >= 0.6 is 0 Å². The van der Waals surface area contributed by atoms with Gasteiger partial charge in [-0.15, -0.1) is 4.55 Å². The van der Waals surface area contributed by atoms with Crippen LogP contribution in [0.4, 0.5) is 24.8 Å². The fraction of sp³-hybridized carbons (Fsp3) is 0.296. The molecule has 41 heavy (non-hydrogen) atoms. The molecule has 1 unspecified atom stereocenters. The average molecular weight is 589 g/mol. The number of halogens is 3. The normalized spacial score (nSPS) is 17.1. The van der Waals surface area contributed by atoms with Crippen molar-refractivity contribution in [3.63, 3.8) is 0 Å². The summed E-state index contributed by atoms with van der Waals surface area (Å²) in [5.74, 6) is -2.01. The third kappa shape index (κ3) is 5.95. The lowest BCUT2D eigenvalue weighted by molar-refractivity contribution is 0.335. The summed E-state index contributed by atoms with van der Waals surface area (Å²) in [6.45, 7) is 0.643. The largest absolute Gasteiger partial charge is 0.396 e. The Morgan fingerprint density at radius 3 is 2.71 bits per heavy atom. The number of anilines is 2. The number of hydrogen-bond acceptors (Lipinski definition) is 6. The fourth-order valence-corrected chi connectivity index (χ4v) is 6.03. The van der Waals surface area contributed by atoms with E-state index in [-0.39, 0.29) is 36.7 Å². The first-order valence-corrected chi connectivity index (χ1v) is 14.3. The summed E-state index contributed by atoms with van der Waals surface area (Å²) in [5.41, 5.74) is 5.80. The second kappa shape index (κ2) is 11.6. The minimum Gasteiger partial charge on any atom is -0.354 e. The van der Waals surface area contributed by atoms with Crippen LogP contribution in [-0.4, -0.2) is 49.2 Å². The zero-order valence-electron chi connectivity index (χ0n) is 22.1. The number of nitrogens with zero attached hydrogens (tertiary/aromatic N) is 4. The third-order valence-corrected chi connectivity index (χ3v) is 8.44. The van der Waals surface area contributed by atoms with E-state index < -0.39 is 45.2 Å². The van der Waals surface area contributed by atoms with E-state index in [4.69, 9.17) is 5.73 Å². The molecule has 1 fully saturated rings. The van der Waals surface area contributed by atoms with Gasteiger partial charge in [-0.3, -0.25) is 9.36 Å². The Morgan fingerprint density at radius 1 is 1.20 bits per heavy atom. The van der Waals surface area contributed by atoms with E-state index in [9.17, 15) is 22.3 Å². The molecule has 2 aromatic heterocycles. The Morgan fingerprint density at radius 2 is 1.98 bits per heavy atom. The van der Waals surface area contributed by atoms with Gasteiger partial charge < -0.3 is 11.1 Å². The molecule has 1 aliphatic rings. The predicted molar refractivity (Wildman–Crippen MR) is 152 cm³/mol. The monoisotopic (exact) mass is 588 g/mol. The minimum atomic E-state index is -4.05. The molecule has 5 rings (SSSR count). The average Bonchev–Trinajstić information content (AvgIpc) is 3.40. The SMILES string of the molecule is Cn1c(=O)c(-c2c(F)ccc(N[S+](=O)(O)N3CC[C@@H](F)C3)c2F)cc2cnc(NCCc3cccc(CN)c3)nc21. The highest BCUT2D eigenvalue weighted by atomic mass is 32.3. The standard InChI is InChI=1S/C27H28F3N7O3S/c1-36-25-18(14-33-27(34-25)32-9-7-16-3-2-4-17(11-16)13-31)12-20(26(36)38)23-21(29)5-6-22(24(23)30)35-41(39,40)37-10-8-19(28)15-37/h2-6,11-12,14,19H,7-10,13,15,31H2,1H3,(H2-,32,33,34,35,38,39,40)/p+1/t19-/m1/s1. The maximum Gasteiger partial charge on any atom is 0.396 e. The van der Waals surface area contributed by atoms with Crippen LogP contribution in [0.2, 0.25) is 0 Å². The molecule has 4 aromatic rings. The Balaban J connectivity index is 1.42. The van der Waals surface area contributed by atoms with Crippen LogP contribution in [0.25, 0.3) is 22.2 Å². The number of benzene rings is 2. The van der Waals surface area contributed by atoms with E-state index in [2.05, 4.69) is 20.0 Å². The summed E-state index contributed by atoms with van der Waals surface area (Å²) in [5, 5.41) is 3.46. The lowest BCUT2D eigenvalue weighted by atomic mass is 10.0. The zero-order chi connectivity index (χ0) is 29.3. The van der Waals surface area contributed by atoms with Crippen molar-refractivity contribution in [3.05, 3.63) is 81.8 Å². The van der Waals surface area contributed by atoms with Gasteiger partial charge in [0.05, 0.1) is 24.2 Å². The Hall–Kier alpha value is -3.85. The van der Waals surface area contributed by atoms with E-state index >= 15 is 4.39 Å². The van der Waals surface area contributed by atoms with Crippen LogP contribution in [-0.2, 0) is 34.8 Å². The van der Waals surface area contributed by atoms with Gasteiger partial charge in [-0.1, -0.05) is 28.6 Å². The number of fused-ring (bicyclic) bond motifs is 1. The van der Waals surface area contributed by atoms with Crippen molar-refractivity contribution in [2.45, 2.75) is 25.6 Å². The molecule has 1 saturated heterocycles. The summed E-state index contributed by atoms with van der Waals surface area (Å²) in [4.78, 5) is 21.9. The summed E-state index contributed by atoms with van der Waals surface area (Å²) in [7, 11) is -2.63. The van der Waals surface area contributed by atoms with E-state index in [0.29, 0.717) is 24.9 Å².